The van der Waals surface area contributed by atoms with E-state index in [9.17, 15) is 28.4 Å². The third-order valence-corrected chi connectivity index (χ3v) is 3.25. The van der Waals surface area contributed by atoms with Crippen LogP contribution in [0.1, 0.15) is 5.56 Å². The molecule has 0 aliphatic heterocycles. The molecule has 5 nitrogen and oxygen atoms in total. The second-order valence-electron chi connectivity index (χ2n) is 4.27. The molecule has 2 aromatic rings. The highest BCUT2D eigenvalue weighted by Gasteiger charge is 2.34. The van der Waals surface area contributed by atoms with Crippen molar-refractivity contribution in [3.63, 3.8) is 0 Å². The Hall–Kier alpha value is -2.19. The molecule has 10 heteroatoms. The first-order valence-corrected chi connectivity index (χ1v) is 6.56. The summed E-state index contributed by atoms with van der Waals surface area (Å²) in [5, 5.41) is 19.4. The standard InChI is InChI=1S/C13H6Cl2F3NO4/c14-9-3-6(19(21)22)4-10(15)12(9)23-7-1-2-11(20)8(5-7)13(16,17)18/h1-5,20H. The van der Waals surface area contributed by atoms with Crippen molar-refractivity contribution in [3.05, 3.63) is 56.1 Å². The molecule has 2 rings (SSSR count). The quantitative estimate of drug-likeness (QED) is 0.580. The lowest BCUT2D eigenvalue weighted by molar-refractivity contribution is -0.384. The van der Waals surface area contributed by atoms with E-state index in [1.807, 2.05) is 0 Å². The normalized spacial score (nSPS) is 11.3. The highest BCUT2D eigenvalue weighted by Crippen LogP contribution is 2.42. The maximum Gasteiger partial charge on any atom is 0.420 e. The summed E-state index contributed by atoms with van der Waals surface area (Å²) in [5.41, 5.74) is -1.70. The van der Waals surface area contributed by atoms with Gasteiger partial charge in [-0.05, 0) is 18.2 Å². The number of non-ortho nitro benzene ring substituents is 1. The number of nitro benzene ring substituents is 1. The molecule has 0 saturated carbocycles. The molecule has 0 bridgehead atoms. The zero-order chi connectivity index (χ0) is 17.4. The van der Waals surface area contributed by atoms with Crippen molar-refractivity contribution >= 4 is 28.9 Å². The van der Waals surface area contributed by atoms with Gasteiger partial charge in [0.15, 0.2) is 5.75 Å². The zero-order valence-electron chi connectivity index (χ0n) is 10.9. The van der Waals surface area contributed by atoms with Crippen LogP contribution in [0.25, 0.3) is 0 Å². The fourth-order valence-corrected chi connectivity index (χ4v) is 2.23. The third-order valence-electron chi connectivity index (χ3n) is 2.69. The van der Waals surface area contributed by atoms with Gasteiger partial charge in [0.25, 0.3) is 5.69 Å². The van der Waals surface area contributed by atoms with Gasteiger partial charge in [0.2, 0.25) is 0 Å². The Morgan fingerprint density at radius 2 is 1.70 bits per heavy atom. The number of alkyl halides is 3. The lowest BCUT2D eigenvalue weighted by Gasteiger charge is -2.13. The molecule has 0 aliphatic rings. The van der Waals surface area contributed by atoms with Gasteiger partial charge in [0.1, 0.15) is 17.1 Å². The van der Waals surface area contributed by atoms with Crippen LogP contribution < -0.4 is 4.74 Å². The van der Waals surface area contributed by atoms with E-state index in [0.717, 1.165) is 24.3 Å². The summed E-state index contributed by atoms with van der Waals surface area (Å²) < 4.78 is 43.3. The van der Waals surface area contributed by atoms with E-state index in [2.05, 4.69) is 0 Å². The van der Waals surface area contributed by atoms with Crippen LogP contribution in [-0.4, -0.2) is 10.0 Å². The summed E-state index contributed by atoms with van der Waals surface area (Å²) in [5.74, 6) is -1.50. The Labute approximate surface area is 137 Å². The molecule has 0 spiro atoms. The second-order valence-corrected chi connectivity index (χ2v) is 5.09. The van der Waals surface area contributed by atoms with Gasteiger partial charge in [-0.15, -0.1) is 0 Å². The molecular weight excluding hydrogens is 362 g/mol. The molecule has 0 atom stereocenters. The van der Waals surface area contributed by atoms with E-state index in [0.29, 0.717) is 6.07 Å². The van der Waals surface area contributed by atoms with E-state index in [-0.39, 0.29) is 21.5 Å². The number of hydrogen-bond acceptors (Lipinski definition) is 4. The van der Waals surface area contributed by atoms with Gasteiger partial charge >= 0.3 is 6.18 Å². The minimum Gasteiger partial charge on any atom is -0.507 e. The van der Waals surface area contributed by atoms with Gasteiger partial charge in [-0.25, -0.2) is 0 Å². The summed E-state index contributed by atoms with van der Waals surface area (Å²) in [4.78, 5) is 9.93. The Morgan fingerprint density at radius 3 is 2.17 bits per heavy atom. The number of phenols is 1. The molecule has 2 aromatic carbocycles. The van der Waals surface area contributed by atoms with E-state index in [1.165, 1.54) is 0 Å². The number of benzene rings is 2. The van der Waals surface area contributed by atoms with Crippen molar-refractivity contribution in [1.29, 1.82) is 0 Å². The van der Waals surface area contributed by atoms with Crippen molar-refractivity contribution in [1.82, 2.24) is 0 Å². The number of hydrogen-bond donors (Lipinski definition) is 1. The van der Waals surface area contributed by atoms with Crippen molar-refractivity contribution in [2.45, 2.75) is 6.18 Å². The predicted octanol–water partition coefficient (Wildman–Crippen LogP) is 5.42. The summed E-state index contributed by atoms with van der Waals surface area (Å²) in [6, 6.07) is 4.33. The smallest absolute Gasteiger partial charge is 0.420 e. The Morgan fingerprint density at radius 1 is 1.13 bits per heavy atom. The molecule has 1 N–H and O–H groups in total. The molecule has 122 valence electrons. The maximum absolute atomic E-state index is 12.7. The second kappa shape index (κ2) is 6.13. The number of halogens is 5. The van der Waals surface area contributed by atoms with Crippen LogP contribution in [0.3, 0.4) is 0 Å². The molecular formula is C13H6Cl2F3NO4. The molecule has 0 radical (unpaired) electrons. The molecule has 23 heavy (non-hydrogen) atoms. The Kier molecular flexibility index (Phi) is 4.58. The summed E-state index contributed by atoms with van der Waals surface area (Å²) in [6.45, 7) is 0. The number of nitro groups is 1. The fraction of sp³-hybridized carbons (Fsp3) is 0.0769. The summed E-state index contributed by atoms with van der Waals surface area (Å²) in [6.07, 6.45) is -4.79. The average Bonchev–Trinajstić information content (AvgIpc) is 2.42. The van der Waals surface area contributed by atoms with Crippen molar-refractivity contribution in [2.75, 3.05) is 0 Å². The number of ether oxygens (including phenoxy) is 1. The largest absolute Gasteiger partial charge is 0.507 e. The average molecular weight is 368 g/mol. The minimum atomic E-state index is -4.79. The monoisotopic (exact) mass is 367 g/mol. The number of nitrogens with zero attached hydrogens (tertiary/aromatic N) is 1. The van der Waals surface area contributed by atoms with Crippen LogP contribution in [0.4, 0.5) is 18.9 Å². The van der Waals surface area contributed by atoms with Gasteiger partial charge < -0.3 is 9.84 Å². The van der Waals surface area contributed by atoms with E-state index in [4.69, 9.17) is 27.9 Å². The van der Waals surface area contributed by atoms with Crippen LogP contribution >= 0.6 is 23.2 Å². The third kappa shape index (κ3) is 3.77. The van der Waals surface area contributed by atoms with Gasteiger partial charge in [-0.3, -0.25) is 10.1 Å². The van der Waals surface area contributed by atoms with Crippen LogP contribution in [0, 0.1) is 10.1 Å². The molecule has 0 heterocycles. The number of aromatic hydroxyl groups is 1. The maximum atomic E-state index is 12.7. The minimum absolute atomic E-state index is 0.238. The van der Waals surface area contributed by atoms with Gasteiger partial charge in [0.05, 0.1) is 15.0 Å². The number of phenolic OH excluding ortho intramolecular Hbond substituents is 1. The molecule has 0 saturated heterocycles. The van der Waals surface area contributed by atoms with Crippen LogP contribution in [0.15, 0.2) is 30.3 Å². The SMILES string of the molecule is O=[N+]([O-])c1cc(Cl)c(Oc2ccc(O)c(C(F)(F)F)c2)c(Cl)c1. The first kappa shape index (κ1) is 17.2. The molecule has 0 aliphatic carbocycles. The molecule has 0 amide bonds. The van der Waals surface area contributed by atoms with E-state index in [1.54, 1.807) is 0 Å². The van der Waals surface area contributed by atoms with E-state index < -0.39 is 28.1 Å². The first-order valence-electron chi connectivity index (χ1n) is 5.81. The highest BCUT2D eigenvalue weighted by atomic mass is 35.5. The van der Waals surface area contributed by atoms with Gasteiger partial charge in [-0.1, -0.05) is 23.2 Å². The van der Waals surface area contributed by atoms with E-state index >= 15 is 0 Å². The van der Waals surface area contributed by atoms with Crippen molar-refractivity contribution in [3.8, 4) is 17.2 Å². The molecule has 0 fully saturated rings. The van der Waals surface area contributed by atoms with Crippen molar-refractivity contribution < 1.29 is 27.9 Å². The molecule has 0 aromatic heterocycles. The predicted molar refractivity (Wildman–Crippen MR) is 76.3 cm³/mol. The summed E-state index contributed by atoms with van der Waals surface area (Å²) >= 11 is 11.6. The van der Waals surface area contributed by atoms with Crippen LogP contribution in [0.5, 0.6) is 17.2 Å². The fourth-order valence-electron chi connectivity index (χ4n) is 1.67. The zero-order valence-corrected chi connectivity index (χ0v) is 12.4. The van der Waals surface area contributed by atoms with Crippen LogP contribution in [-0.2, 0) is 6.18 Å². The Balaban J connectivity index is 2.42. The van der Waals surface area contributed by atoms with Crippen LogP contribution in [0.2, 0.25) is 10.0 Å². The number of rotatable bonds is 3. The topological polar surface area (TPSA) is 72.6 Å². The van der Waals surface area contributed by atoms with Gasteiger partial charge in [-0.2, -0.15) is 13.2 Å². The highest BCUT2D eigenvalue weighted by molar-refractivity contribution is 6.37. The van der Waals surface area contributed by atoms with Crippen molar-refractivity contribution in [2.24, 2.45) is 0 Å². The Bertz CT molecular complexity index is 757. The lowest BCUT2D eigenvalue weighted by Crippen LogP contribution is -2.05. The van der Waals surface area contributed by atoms with Gasteiger partial charge in [0, 0.05) is 12.1 Å². The lowest BCUT2D eigenvalue weighted by atomic mass is 10.2. The summed E-state index contributed by atoms with van der Waals surface area (Å²) in [7, 11) is 0. The first-order chi connectivity index (χ1) is 10.6. The molecule has 0 unspecified atom stereocenters.